The summed E-state index contributed by atoms with van der Waals surface area (Å²) in [6.45, 7) is 3.59. The fraction of sp³-hybridized carbons (Fsp3) is 0.571. The molecule has 0 aliphatic rings. The number of likely N-dealkylation sites (N-methyl/N-ethyl adjacent to an activating group) is 1. The lowest BCUT2D eigenvalue weighted by Gasteiger charge is -2.30. The molecule has 1 unspecified atom stereocenters. The average Bonchev–Trinajstić information content (AvgIpc) is 2.33. The molecule has 0 aliphatic heterocycles. The zero-order valence-corrected chi connectivity index (χ0v) is 11.1. The second kappa shape index (κ2) is 7.30. The number of benzene rings is 1. The largest absolute Gasteiger partial charge is 0.383 e. The molecule has 96 valence electrons. The van der Waals surface area contributed by atoms with E-state index in [0.29, 0.717) is 6.04 Å². The fourth-order valence-electron chi connectivity index (χ4n) is 1.99. The number of nitrogens with two attached hydrogens (primary N) is 1. The van der Waals surface area contributed by atoms with Gasteiger partial charge in [0.1, 0.15) is 0 Å². The van der Waals surface area contributed by atoms with Gasteiger partial charge in [-0.3, -0.25) is 0 Å². The van der Waals surface area contributed by atoms with E-state index in [9.17, 15) is 0 Å². The first kappa shape index (κ1) is 14.0. The minimum Gasteiger partial charge on any atom is -0.383 e. The molecule has 3 nitrogen and oxygen atoms in total. The highest BCUT2D eigenvalue weighted by Crippen LogP contribution is 2.19. The molecule has 0 fully saturated rings. The summed E-state index contributed by atoms with van der Waals surface area (Å²) in [6.07, 6.45) is 2.10. The molecule has 1 atom stereocenters. The third-order valence-corrected chi connectivity index (χ3v) is 3.06. The Balaban J connectivity index is 2.72. The highest BCUT2D eigenvalue weighted by molar-refractivity contribution is 5.48. The average molecular weight is 236 g/mol. The van der Waals surface area contributed by atoms with Crippen LogP contribution in [0.1, 0.15) is 18.4 Å². The van der Waals surface area contributed by atoms with E-state index >= 15 is 0 Å². The molecule has 1 aromatic rings. The van der Waals surface area contributed by atoms with Crippen molar-refractivity contribution in [3.8, 4) is 0 Å². The molecule has 3 heteroatoms. The summed E-state index contributed by atoms with van der Waals surface area (Å²) in [5.74, 6) is 0. The van der Waals surface area contributed by atoms with Crippen LogP contribution in [0.4, 0.5) is 5.69 Å². The van der Waals surface area contributed by atoms with Crippen LogP contribution in [0.25, 0.3) is 0 Å². The van der Waals surface area contributed by atoms with Gasteiger partial charge in [0.2, 0.25) is 0 Å². The standard InChI is InChI=1S/C14H24N2O/c1-12-6-4-7-13(10-12)16(2)14(11-17-3)8-5-9-15/h4,6-7,10,14H,5,8-9,11,15H2,1-3H3. The van der Waals surface area contributed by atoms with E-state index in [1.165, 1.54) is 11.3 Å². The van der Waals surface area contributed by atoms with Gasteiger partial charge in [-0.15, -0.1) is 0 Å². The first-order valence-electron chi connectivity index (χ1n) is 6.17. The lowest BCUT2D eigenvalue weighted by atomic mass is 10.1. The molecule has 1 rings (SSSR count). The summed E-state index contributed by atoms with van der Waals surface area (Å²) >= 11 is 0. The SMILES string of the molecule is COCC(CCCN)N(C)c1cccc(C)c1. The Bertz CT molecular complexity index is 328. The molecule has 0 saturated carbocycles. The molecule has 0 bridgehead atoms. The van der Waals surface area contributed by atoms with Crippen molar-refractivity contribution >= 4 is 5.69 Å². The fourth-order valence-corrected chi connectivity index (χ4v) is 1.99. The van der Waals surface area contributed by atoms with Gasteiger partial charge in [0.15, 0.2) is 0 Å². The van der Waals surface area contributed by atoms with E-state index in [4.69, 9.17) is 10.5 Å². The number of methoxy groups -OCH3 is 1. The van der Waals surface area contributed by atoms with Crippen molar-refractivity contribution in [1.29, 1.82) is 0 Å². The number of hydrogen-bond acceptors (Lipinski definition) is 3. The molecule has 1 aromatic carbocycles. The van der Waals surface area contributed by atoms with Gasteiger partial charge in [-0.1, -0.05) is 12.1 Å². The van der Waals surface area contributed by atoms with Crippen LogP contribution in [0.3, 0.4) is 0 Å². The number of aryl methyl sites for hydroxylation is 1. The van der Waals surface area contributed by atoms with Gasteiger partial charge in [-0.05, 0) is 44.0 Å². The number of ether oxygens (including phenoxy) is 1. The van der Waals surface area contributed by atoms with Crippen LogP contribution in [0.5, 0.6) is 0 Å². The van der Waals surface area contributed by atoms with Crippen LogP contribution >= 0.6 is 0 Å². The topological polar surface area (TPSA) is 38.5 Å². The van der Waals surface area contributed by atoms with Crippen LogP contribution in [0, 0.1) is 6.92 Å². The monoisotopic (exact) mass is 236 g/mol. The zero-order chi connectivity index (χ0) is 12.7. The molecule has 0 aliphatic carbocycles. The molecule has 0 heterocycles. The van der Waals surface area contributed by atoms with Crippen molar-refractivity contribution in [2.24, 2.45) is 5.73 Å². The minimum absolute atomic E-state index is 0.394. The van der Waals surface area contributed by atoms with Gasteiger partial charge in [0.05, 0.1) is 12.6 Å². The summed E-state index contributed by atoms with van der Waals surface area (Å²) < 4.78 is 5.29. The quantitative estimate of drug-likeness (QED) is 0.788. The van der Waals surface area contributed by atoms with Crippen LogP contribution in [0.15, 0.2) is 24.3 Å². The van der Waals surface area contributed by atoms with E-state index in [1.54, 1.807) is 7.11 Å². The van der Waals surface area contributed by atoms with Crippen molar-refractivity contribution in [2.75, 3.05) is 32.2 Å². The number of anilines is 1. The summed E-state index contributed by atoms with van der Waals surface area (Å²) in [5, 5.41) is 0. The molecular weight excluding hydrogens is 212 g/mol. The van der Waals surface area contributed by atoms with Gasteiger partial charge in [0.25, 0.3) is 0 Å². The third-order valence-electron chi connectivity index (χ3n) is 3.06. The van der Waals surface area contributed by atoms with Gasteiger partial charge in [0, 0.05) is 19.8 Å². The lowest BCUT2D eigenvalue weighted by molar-refractivity contribution is 0.174. The highest BCUT2D eigenvalue weighted by Gasteiger charge is 2.14. The van der Waals surface area contributed by atoms with Gasteiger partial charge >= 0.3 is 0 Å². The predicted octanol–water partition coefficient (Wildman–Crippen LogP) is 2.19. The summed E-state index contributed by atoms with van der Waals surface area (Å²) in [7, 11) is 3.87. The van der Waals surface area contributed by atoms with E-state index in [2.05, 4.69) is 43.1 Å². The van der Waals surface area contributed by atoms with E-state index in [1.807, 2.05) is 0 Å². The van der Waals surface area contributed by atoms with E-state index < -0.39 is 0 Å². The summed E-state index contributed by atoms with van der Waals surface area (Å²) in [6, 6.07) is 8.94. The maximum Gasteiger partial charge on any atom is 0.0666 e. The summed E-state index contributed by atoms with van der Waals surface area (Å²) in [5.41, 5.74) is 8.10. The van der Waals surface area contributed by atoms with Crippen LogP contribution in [-0.4, -0.2) is 33.4 Å². The zero-order valence-electron chi connectivity index (χ0n) is 11.1. The van der Waals surface area contributed by atoms with Crippen LogP contribution in [-0.2, 0) is 4.74 Å². The number of nitrogens with zero attached hydrogens (tertiary/aromatic N) is 1. The van der Waals surface area contributed by atoms with E-state index in [-0.39, 0.29) is 0 Å². The molecular formula is C14H24N2O. The van der Waals surface area contributed by atoms with Crippen molar-refractivity contribution in [3.05, 3.63) is 29.8 Å². The number of hydrogen-bond donors (Lipinski definition) is 1. The Morgan fingerprint density at radius 2 is 2.18 bits per heavy atom. The first-order chi connectivity index (χ1) is 8.19. The first-order valence-corrected chi connectivity index (χ1v) is 6.17. The van der Waals surface area contributed by atoms with Crippen molar-refractivity contribution in [3.63, 3.8) is 0 Å². The molecule has 0 radical (unpaired) electrons. The van der Waals surface area contributed by atoms with Crippen molar-refractivity contribution in [2.45, 2.75) is 25.8 Å². The lowest BCUT2D eigenvalue weighted by Crippen LogP contribution is -2.35. The Morgan fingerprint density at radius 3 is 2.76 bits per heavy atom. The van der Waals surface area contributed by atoms with Crippen molar-refractivity contribution in [1.82, 2.24) is 0 Å². The Labute approximate surface area is 105 Å². The highest BCUT2D eigenvalue weighted by atomic mass is 16.5. The molecule has 17 heavy (non-hydrogen) atoms. The van der Waals surface area contributed by atoms with Crippen LogP contribution in [0.2, 0.25) is 0 Å². The molecule has 0 saturated heterocycles. The molecule has 0 aromatic heterocycles. The van der Waals surface area contributed by atoms with Gasteiger partial charge in [-0.25, -0.2) is 0 Å². The van der Waals surface area contributed by atoms with Crippen molar-refractivity contribution < 1.29 is 4.74 Å². The Hall–Kier alpha value is -1.06. The summed E-state index contributed by atoms with van der Waals surface area (Å²) in [4.78, 5) is 2.28. The number of rotatable bonds is 7. The van der Waals surface area contributed by atoms with Crippen LogP contribution < -0.4 is 10.6 Å². The smallest absolute Gasteiger partial charge is 0.0666 e. The molecule has 0 spiro atoms. The van der Waals surface area contributed by atoms with Gasteiger partial charge < -0.3 is 15.4 Å². The maximum atomic E-state index is 5.58. The second-order valence-electron chi connectivity index (χ2n) is 4.49. The van der Waals surface area contributed by atoms with Gasteiger partial charge in [-0.2, -0.15) is 0 Å². The normalized spacial score (nSPS) is 12.5. The molecule has 0 amide bonds. The Kier molecular flexibility index (Phi) is 6.01. The second-order valence-corrected chi connectivity index (χ2v) is 4.49. The van der Waals surface area contributed by atoms with E-state index in [0.717, 1.165) is 26.0 Å². The predicted molar refractivity (Wildman–Crippen MR) is 73.5 cm³/mol. The minimum atomic E-state index is 0.394. The third kappa shape index (κ3) is 4.36. The Morgan fingerprint density at radius 1 is 1.41 bits per heavy atom. The molecule has 2 N–H and O–H groups in total. The maximum absolute atomic E-state index is 5.58.